The number of hydrogen-bond donors (Lipinski definition) is 1. The number of rotatable bonds is 5. The maximum atomic E-state index is 9.55. The maximum Gasteiger partial charge on any atom is 0.0465 e. The van der Waals surface area contributed by atoms with E-state index in [1.54, 1.807) is 0 Å². The molecule has 0 amide bonds. The molecule has 2 aromatic rings. The van der Waals surface area contributed by atoms with Crippen LogP contribution in [0.25, 0.3) is 0 Å². The van der Waals surface area contributed by atoms with Crippen molar-refractivity contribution in [2.75, 3.05) is 6.61 Å². The number of aryl methyl sites for hydroxylation is 1. The predicted octanol–water partition coefficient (Wildman–Crippen LogP) is 4.15. The highest BCUT2D eigenvalue weighted by atomic mass is 79.9. The summed E-state index contributed by atoms with van der Waals surface area (Å²) in [7, 11) is 0. The fourth-order valence-electron chi connectivity index (χ4n) is 2.21. The van der Waals surface area contributed by atoms with Gasteiger partial charge in [-0.25, -0.2) is 0 Å². The lowest BCUT2D eigenvalue weighted by molar-refractivity contribution is 0.225. The van der Waals surface area contributed by atoms with Crippen LogP contribution in [0.3, 0.4) is 0 Å². The SMILES string of the molecule is Cc1ccc(CC(CO)Cc2ccc(Br)cc2)cc1. The first kappa shape index (κ1) is 14.3. The lowest BCUT2D eigenvalue weighted by Gasteiger charge is -2.14. The first-order valence-corrected chi connectivity index (χ1v) is 7.37. The zero-order chi connectivity index (χ0) is 13.7. The van der Waals surface area contributed by atoms with E-state index in [1.165, 1.54) is 16.7 Å². The highest BCUT2D eigenvalue weighted by Crippen LogP contribution is 2.17. The van der Waals surface area contributed by atoms with Crippen LogP contribution < -0.4 is 0 Å². The van der Waals surface area contributed by atoms with E-state index in [-0.39, 0.29) is 12.5 Å². The Morgan fingerprint density at radius 3 is 1.84 bits per heavy atom. The molecule has 2 heteroatoms. The third kappa shape index (κ3) is 4.48. The van der Waals surface area contributed by atoms with E-state index in [2.05, 4.69) is 71.4 Å². The summed E-state index contributed by atoms with van der Waals surface area (Å²) < 4.78 is 1.09. The van der Waals surface area contributed by atoms with Crippen LogP contribution >= 0.6 is 15.9 Å². The molecular formula is C17H19BrO. The Kier molecular flexibility index (Phi) is 5.17. The third-order valence-electron chi connectivity index (χ3n) is 3.34. The van der Waals surface area contributed by atoms with Crippen LogP contribution in [-0.4, -0.2) is 11.7 Å². The second-order valence-corrected chi connectivity index (χ2v) is 5.98. The monoisotopic (exact) mass is 318 g/mol. The number of halogens is 1. The molecule has 0 spiro atoms. The van der Waals surface area contributed by atoms with Gasteiger partial charge >= 0.3 is 0 Å². The molecule has 0 aromatic heterocycles. The molecule has 1 nitrogen and oxygen atoms in total. The van der Waals surface area contributed by atoms with Gasteiger partial charge in [-0.1, -0.05) is 57.9 Å². The van der Waals surface area contributed by atoms with Crippen molar-refractivity contribution in [2.24, 2.45) is 5.92 Å². The minimum absolute atomic E-state index is 0.226. The van der Waals surface area contributed by atoms with Gasteiger partial charge in [0.05, 0.1) is 0 Å². The molecule has 0 bridgehead atoms. The van der Waals surface area contributed by atoms with Crippen LogP contribution in [0.1, 0.15) is 16.7 Å². The van der Waals surface area contributed by atoms with Gasteiger partial charge in [-0.2, -0.15) is 0 Å². The van der Waals surface area contributed by atoms with Crippen LogP contribution in [0.4, 0.5) is 0 Å². The fourth-order valence-corrected chi connectivity index (χ4v) is 2.48. The van der Waals surface area contributed by atoms with Crippen molar-refractivity contribution in [1.29, 1.82) is 0 Å². The molecule has 0 aliphatic rings. The van der Waals surface area contributed by atoms with E-state index < -0.39 is 0 Å². The Morgan fingerprint density at radius 1 is 0.895 bits per heavy atom. The Labute approximate surface area is 123 Å². The van der Waals surface area contributed by atoms with Crippen molar-refractivity contribution in [3.8, 4) is 0 Å². The lowest BCUT2D eigenvalue weighted by Crippen LogP contribution is -2.13. The molecule has 1 unspecified atom stereocenters. The average molecular weight is 319 g/mol. The van der Waals surface area contributed by atoms with Gasteiger partial charge in [-0.05, 0) is 48.9 Å². The molecule has 0 heterocycles. The van der Waals surface area contributed by atoms with Crippen molar-refractivity contribution >= 4 is 15.9 Å². The molecule has 1 atom stereocenters. The summed E-state index contributed by atoms with van der Waals surface area (Å²) in [6, 6.07) is 16.9. The van der Waals surface area contributed by atoms with E-state index in [1.807, 2.05) is 0 Å². The molecule has 0 fully saturated rings. The number of hydrogen-bond acceptors (Lipinski definition) is 1. The normalized spacial score (nSPS) is 12.4. The molecule has 0 saturated carbocycles. The lowest BCUT2D eigenvalue weighted by atomic mass is 9.93. The van der Waals surface area contributed by atoms with Crippen LogP contribution in [0.5, 0.6) is 0 Å². The van der Waals surface area contributed by atoms with E-state index in [9.17, 15) is 5.11 Å². The first-order chi connectivity index (χ1) is 9.17. The number of aliphatic hydroxyl groups excluding tert-OH is 1. The summed E-state index contributed by atoms with van der Waals surface area (Å²) in [5.74, 6) is 0.281. The second-order valence-electron chi connectivity index (χ2n) is 5.07. The largest absolute Gasteiger partial charge is 0.396 e. The zero-order valence-electron chi connectivity index (χ0n) is 11.1. The number of aliphatic hydroxyl groups is 1. The average Bonchev–Trinajstić information content (AvgIpc) is 2.43. The summed E-state index contributed by atoms with van der Waals surface area (Å²) in [6.45, 7) is 2.32. The van der Waals surface area contributed by atoms with Gasteiger partial charge in [0.25, 0.3) is 0 Å². The topological polar surface area (TPSA) is 20.2 Å². The van der Waals surface area contributed by atoms with Gasteiger partial charge in [-0.3, -0.25) is 0 Å². The summed E-state index contributed by atoms with van der Waals surface area (Å²) in [5.41, 5.74) is 3.84. The Bertz CT molecular complexity index is 454. The highest BCUT2D eigenvalue weighted by molar-refractivity contribution is 9.10. The second kappa shape index (κ2) is 6.88. The van der Waals surface area contributed by atoms with Gasteiger partial charge in [-0.15, -0.1) is 0 Å². The zero-order valence-corrected chi connectivity index (χ0v) is 12.7. The fraction of sp³-hybridized carbons (Fsp3) is 0.294. The molecule has 0 aliphatic heterocycles. The van der Waals surface area contributed by atoms with Gasteiger partial charge in [0.15, 0.2) is 0 Å². The van der Waals surface area contributed by atoms with E-state index in [4.69, 9.17) is 0 Å². The van der Waals surface area contributed by atoms with Gasteiger partial charge in [0.2, 0.25) is 0 Å². The Morgan fingerprint density at radius 2 is 1.37 bits per heavy atom. The molecule has 0 radical (unpaired) electrons. The van der Waals surface area contributed by atoms with E-state index in [0.717, 1.165) is 17.3 Å². The quantitative estimate of drug-likeness (QED) is 0.878. The molecule has 100 valence electrons. The van der Waals surface area contributed by atoms with Crippen LogP contribution in [-0.2, 0) is 12.8 Å². The minimum atomic E-state index is 0.226. The Balaban J connectivity index is 2.00. The van der Waals surface area contributed by atoms with Crippen molar-refractivity contribution in [3.05, 3.63) is 69.7 Å². The third-order valence-corrected chi connectivity index (χ3v) is 3.87. The molecule has 0 saturated heterocycles. The van der Waals surface area contributed by atoms with Gasteiger partial charge < -0.3 is 5.11 Å². The van der Waals surface area contributed by atoms with Crippen LogP contribution in [0.2, 0.25) is 0 Å². The van der Waals surface area contributed by atoms with Gasteiger partial charge in [0, 0.05) is 11.1 Å². The van der Waals surface area contributed by atoms with Gasteiger partial charge in [0.1, 0.15) is 0 Å². The van der Waals surface area contributed by atoms with Crippen LogP contribution in [0, 0.1) is 12.8 Å². The standard InChI is InChI=1S/C17H19BrO/c1-13-2-4-14(5-3-13)10-16(12-19)11-15-6-8-17(18)9-7-15/h2-9,16,19H,10-12H2,1H3. The summed E-state index contributed by atoms with van der Waals surface area (Å²) in [6.07, 6.45) is 1.84. The smallest absolute Gasteiger partial charge is 0.0465 e. The molecule has 0 aliphatic carbocycles. The Hall–Kier alpha value is -1.12. The van der Waals surface area contributed by atoms with Crippen LogP contribution in [0.15, 0.2) is 53.0 Å². The molecule has 1 N–H and O–H groups in total. The molecule has 19 heavy (non-hydrogen) atoms. The van der Waals surface area contributed by atoms with Crippen molar-refractivity contribution in [2.45, 2.75) is 19.8 Å². The first-order valence-electron chi connectivity index (χ1n) is 6.58. The molecule has 2 rings (SSSR count). The molecule has 2 aromatic carbocycles. The maximum absolute atomic E-state index is 9.55. The van der Waals surface area contributed by atoms with E-state index in [0.29, 0.717) is 0 Å². The van der Waals surface area contributed by atoms with E-state index >= 15 is 0 Å². The minimum Gasteiger partial charge on any atom is -0.396 e. The summed E-state index contributed by atoms with van der Waals surface area (Å²) in [5, 5.41) is 9.55. The van der Waals surface area contributed by atoms with Crippen molar-refractivity contribution in [3.63, 3.8) is 0 Å². The van der Waals surface area contributed by atoms with Crippen molar-refractivity contribution < 1.29 is 5.11 Å². The summed E-state index contributed by atoms with van der Waals surface area (Å²) in [4.78, 5) is 0. The van der Waals surface area contributed by atoms with Crippen molar-refractivity contribution in [1.82, 2.24) is 0 Å². The summed E-state index contributed by atoms with van der Waals surface area (Å²) >= 11 is 3.44. The highest BCUT2D eigenvalue weighted by Gasteiger charge is 2.09. The number of benzene rings is 2. The predicted molar refractivity (Wildman–Crippen MR) is 83.3 cm³/mol. The molecular weight excluding hydrogens is 300 g/mol.